The number of rotatable bonds is 8. The van der Waals surface area contributed by atoms with E-state index >= 15 is 0 Å². The highest BCUT2D eigenvalue weighted by atomic mass is 31.2. The van der Waals surface area contributed by atoms with E-state index in [4.69, 9.17) is 14.7 Å². The van der Waals surface area contributed by atoms with Gasteiger partial charge >= 0.3 is 7.82 Å². The molecule has 3 atom stereocenters. The van der Waals surface area contributed by atoms with Crippen molar-refractivity contribution in [3.05, 3.63) is 0 Å². The second-order valence-electron chi connectivity index (χ2n) is 3.71. The lowest BCUT2D eigenvalue weighted by Crippen LogP contribution is -2.29. The molecular weight excluding hydrogens is 237 g/mol. The predicted octanol–water partition coefficient (Wildman–Crippen LogP) is -0.577. The van der Waals surface area contributed by atoms with Crippen LogP contribution >= 0.6 is 7.82 Å². The van der Waals surface area contributed by atoms with Crippen LogP contribution in [0.25, 0.3) is 0 Å². The van der Waals surface area contributed by atoms with Crippen molar-refractivity contribution < 1.29 is 28.7 Å². The van der Waals surface area contributed by atoms with Crippen molar-refractivity contribution in [2.45, 2.75) is 19.1 Å². The highest BCUT2D eigenvalue weighted by Gasteiger charge is 2.23. The molecule has 2 unspecified atom stereocenters. The van der Waals surface area contributed by atoms with Gasteiger partial charge in [-0.05, 0) is 21.0 Å². The molecule has 98 valence electrons. The van der Waals surface area contributed by atoms with Crippen molar-refractivity contribution in [2.24, 2.45) is 0 Å². The third kappa shape index (κ3) is 7.29. The fourth-order valence-electron chi connectivity index (χ4n) is 0.621. The Morgan fingerprint density at radius 1 is 1.31 bits per heavy atom. The van der Waals surface area contributed by atoms with Gasteiger partial charge in [0.15, 0.2) is 0 Å². The number of likely N-dealkylation sites (N-methyl/N-ethyl adjacent to an activating group) is 1. The maximum absolute atomic E-state index is 11.3. The molecule has 0 bridgehead atoms. The highest BCUT2D eigenvalue weighted by Crippen LogP contribution is 2.43. The maximum Gasteiger partial charge on any atom is 0.472 e. The molecule has 7 nitrogen and oxygen atoms in total. The first-order valence-electron chi connectivity index (χ1n) is 4.85. The van der Waals surface area contributed by atoms with Crippen LogP contribution in [0.2, 0.25) is 0 Å². The minimum absolute atomic E-state index is 0.0353. The molecule has 16 heavy (non-hydrogen) atoms. The summed E-state index contributed by atoms with van der Waals surface area (Å²) in [6.07, 6.45) is -1.18. The first-order chi connectivity index (χ1) is 7.28. The standard InChI is InChI=1S/C8H20NO6P/c1-7(9(2)3)5-14-16(12,13)15-6-8(11)4-10/h7-8,10-11H,4-6H2,1-3H3,(H,12,13)/t7-,8?/m1/s1. The molecule has 0 rings (SSSR count). The summed E-state index contributed by atoms with van der Waals surface area (Å²) >= 11 is 0. The molecule has 0 aliphatic heterocycles. The van der Waals surface area contributed by atoms with Crippen LogP contribution < -0.4 is 0 Å². The molecule has 0 fully saturated rings. The molecule has 0 aromatic rings. The number of phosphoric acid groups is 1. The van der Waals surface area contributed by atoms with Gasteiger partial charge in [0.2, 0.25) is 0 Å². The van der Waals surface area contributed by atoms with Crippen LogP contribution in [0, 0.1) is 0 Å². The van der Waals surface area contributed by atoms with Crippen LogP contribution in [-0.2, 0) is 13.6 Å². The predicted molar refractivity (Wildman–Crippen MR) is 58.0 cm³/mol. The van der Waals surface area contributed by atoms with Crippen LogP contribution in [0.5, 0.6) is 0 Å². The van der Waals surface area contributed by atoms with Crippen molar-refractivity contribution in [3.8, 4) is 0 Å². The normalized spacial score (nSPS) is 19.4. The zero-order valence-electron chi connectivity index (χ0n) is 9.74. The Kier molecular flexibility index (Phi) is 7.34. The Morgan fingerprint density at radius 3 is 2.25 bits per heavy atom. The van der Waals surface area contributed by atoms with Gasteiger partial charge in [-0.15, -0.1) is 0 Å². The summed E-state index contributed by atoms with van der Waals surface area (Å²) in [5.74, 6) is 0. The Labute approximate surface area is 95.2 Å². The minimum Gasteiger partial charge on any atom is -0.394 e. The van der Waals surface area contributed by atoms with E-state index in [0.717, 1.165) is 0 Å². The molecule has 0 amide bonds. The smallest absolute Gasteiger partial charge is 0.394 e. The van der Waals surface area contributed by atoms with Gasteiger partial charge < -0.3 is 20.0 Å². The molecule has 0 aromatic carbocycles. The lowest BCUT2D eigenvalue weighted by atomic mass is 10.3. The van der Waals surface area contributed by atoms with E-state index in [2.05, 4.69) is 4.52 Å². The Morgan fingerprint density at radius 2 is 1.81 bits per heavy atom. The zero-order chi connectivity index (χ0) is 12.8. The number of aliphatic hydroxyl groups is 2. The summed E-state index contributed by atoms with van der Waals surface area (Å²) in [7, 11) is -0.527. The van der Waals surface area contributed by atoms with Gasteiger partial charge in [0.25, 0.3) is 0 Å². The molecule has 0 spiro atoms. The Balaban J connectivity index is 3.91. The van der Waals surface area contributed by atoms with Gasteiger partial charge in [-0.2, -0.15) is 0 Å². The monoisotopic (exact) mass is 257 g/mol. The third-order valence-corrected chi connectivity index (χ3v) is 2.95. The largest absolute Gasteiger partial charge is 0.472 e. The van der Waals surface area contributed by atoms with Crippen LogP contribution in [-0.4, -0.2) is 66.1 Å². The maximum atomic E-state index is 11.3. The van der Waals surface area contributed by atoms with Crippen molar-refractivity contribution in [2.75, 3.05) is 33.9 Å². The fourth-order valence-corrected chi connectivity index (χ4v) is 1.46. The van der Waals surface area contributed by atoms with Crippen LogP contribution in [0.4, 0.5) is 0 Å². The summed E-state index contributed by atoms with van der Waals surface area (Å²) in [6, 6.07) is -0.0353. The molecule has 8 heteroatoms. The second-order valence-corrected chi connectivity index (χ2v) is 5.16. The van der Waals surface area contributed by atoms with Crippen molar-refractivity contribution >= 4 is 7.82 Å². The van der Waals surface area contributed by atoms with Gasteiger partial charge in [0.05, 0.1) is 19.8 Å². The summed E-state index contributed by atoms with van der Waals surface area (Å²) in [5.41, 5.74) is 0. The number of phosphoric ester groups is 1. The topological polar surface area (TPSA) is 99.5 Å². The number of aliphatic hydroxyl groups excluding tert-OH is 2. The molecule has 0 saturated carbocycles. The van der Waals surface area contributed by atoms with Gasteiger partial charge in [0, 0.05) is 6.04 Å². The van der Waals surface area contributed by atoms with Gasteiger partial charge in [-0.3, -0.25) is 9.05 Å². The first kappa shape index (κ1) is 16.0. The van der Waals surface area contributed by atoms with E-state index < -0.39 is 27.1 Å². The molecule has 3 N–H and O–H groups in total. The summed E-state index contributed by atoms with van der Waals surface area (Å²) in [4.78, 5) is 11.0. The van der Waals surface area contributed by atoms with Gasteiger partial charge in [-0.25, -0.2) is 4.57 Å². The average molecular weight is 257 g/mol. The average Bonchev–Trinajstić information content (AvgIpc) is 2.22. The SMILES string of the molecule is C[C@H](COP(=O)(O)OCC(O)CO)N(C)C. The quantitative estimate of drug-likeness (QED) is 0.500. The zero-order valence-corrected chi connectivity index (χ0v) is 10.6. The third-order valence-electron chi connectivity index (χ3n) is 2.00. The molecular formula is C8H20NO6P. The Hall–Kier alpha value is -0.0100. The minimum atomic E-state index is -4.15. The lowest BCUT2D eigenvalue weighted by molar-refractivity contribution is 0.0334. The van der Waals surface area contributed by atoms with E-state index in [1.807, 2.05) is 25.9 Å². The van der Waals surface area contributed by atoms with Crippen LogP contribution in [0.3, 0.4) is 0 Å². The highest BCUT2D eigenvalue weighted by molar-refractivity contribution is 7.47. The fraction of sp³-hybridized carbons (Fsp3) is 1.00. The van der Waals surface area contributed by atoms with Crippen LogP contribution in [0.15, 0.2) is 0 Å². The molecule has 0 aromatic heterocycles. The van der Waals surface area contributed by atoms with Gasteiger partial charge in [0.1, 0.15) is 6.10 Å². The number of nitrogens with zero attached hydrogens (tertiary/aromatic N) is 1. The van der Waals surface area contributed by atoms with E-state index in [9.17, 15) is 9.46 Å². The Bertz CT molecular complexity index is 237. The van der Waals surface area contributed by atoms with Crippen molar-refractivity contribution in [1.29, 1.82) is 0 Å². The number of hydrogen-bond donors (Lipinski definition) is 3. The second kappa shape index (κ2) is 7.34. The molecule has 0 saturated heterocycles. The van der Waals surface area contributed by atoms with Crippen molar-refractivity contribution in [3.63, 3.8) is 0 Å². The van der Waals surface area contributed by atoms with E-state index in [-0.39, 0.29) is 12.6 Å². The summed E-state index contributed by atoms with van der Waals surface area (Å²) in [5, 5.41) is 17.4. The molecule has 0 aliphatic rings. The van der Waals surface area contributed by atoms with E-state index in [1.165, 1.54) is 0 Å². The lowest BCUT2D eigenvalue weighted by Gasteiger charge is -2.21. The molecule has 0 heterocycles. The van der Waals surface area contributed by atoms with Crippen LogP contribution in [0.1, 0.15) is 6.92 Å². The van der Waals surface area contributed by atoms with E-state index in [0.29, 0.717) is 0 Å². The van der Waals surface area contributed by atoms with E-state index in [1.54, 1.807) is 0 Å². The summed E-state index contributed by atoms with van der Waals surface area (Å²) < 4.78 is 20.4. The van der Waals surface area contributed by atoms with Crippen molar-refractivity contribution in [1.82, 2.24) is 4.90 Å². The number of hydrogen-bond acceptors (Lipinski definition) is 6. The molecule has 0 aliphatic carbocycles. The molecule has 0 radical (unpaired) electrons. The summed E-state index contributed by atoms with van der Waals surface area (Å²) in [6.45, 7) is 0.882. The van der Waals surface area contributed by atoms with Gasteiger partial charge in [-0.1, -0.05) is 0 Å². The first-order valence-corrected chi connectivity index (χ1v) is 6.35.